The largest absolute Gasteiger partial charge is 0.466 e. The fraction of sp³-hybridized carbons (Fsp3) is 0.500. The number of H-pyrrole nitrogens is 1. The fourth-order valence-electron chi connectivity index (χ4n) is 4.96. The van der Waals surface area contributed by atoms with Crippen molar-refractivity contribution in [1.29, 1.82) is 0 Å². The third-order valence-electron chi connectivity index (χ3n) is 6.12. The van der Waals surface area contributed by atoms with E-state index in [9.17, 15) is 9.59 Å². The number of para-hydroxylation sites is 1. The molecular weight excluding hydrogens is 302 g/mol. The number of carbonyl (C=O) groups excluding carboxylic acids is 2. The lowest BCUT2D eigenvalue weighted by molar-refractivity contribution is -0.155. The minimum absolute atomic E-state index is 0.0961. The lowest BCUT2D eigenvalue weighted by Crippen LogP contribution is -2.53. The van der Waals surface area contributed by atoms with E-state index in [-0.39, 0.29) is 17.8 Å². The number of aromatic nitrogens is 1. The molecule has 1 saturated carbocycles. The molecule has 1 N–H and O–H groups in total. The maximum Gasteiger partial charge on any atom is 0.309 e. The van der Waals surface area contributed by atoms with Crippen LogP contribution in [-0.4, -0.2) is 23.3 Å². The van der Waals surface area contributed by atoms with Crippen LogP contribution in [0.15, 0.2) is 24.3 Å². The van der Waals surface area contributed by atoms with Gasteiger partial charge in [0.25, 0.3) is 0 Å². The van der Waals surface area contributed by atoms with E-state index < -0.39 is 5.41 Å². The van der Waals surface area contributed by atoms with Crippen molar-refractivity contribution in [3.63, 3.8) is 0 Å². The monoisotopic (exact) mass is 325 g/mol. The van der Waals surface area contributed by atoms with Crippen LogP contribution in [0.2, 0.25) is 0 Å². The molecule has 1 aromatic carbocycles. The molecule has 0 radical (unpaired) electrons. The highest BCUT2D eigenvalue weighted by atomic mass is 16.5. The van der Waals surface area contributed by atoms with Crippen molar-refractivity contribution in [2.45, 2.75) is 44.9 Å². The van der Waals surface area contributed by atoms with Crippen LogP contribution in [0, 0.1) is 11.8 Å². The molecule has 1 unspecified atom stereocenters. The van der Waals surface area contributed by atoms with Crippen molar-refractivity contribution in [3.8, 4) is 0 Å². The Morgan fingerprint density at radius 2 is 2.08 bits per heavy atom. The molecule has 0 spiro atoms. The van der Waals surface area contributed by atoms with Gasteiger partial charge in [0, 0.05) is 34.4 Å². The molecule has 2 aromatic rings. The summed E-state index contributed by atoms with van der Waals surface area (Å²) in [6, 6.07) is 8.24. The molecule has 1 aromatic heterocycles. The van der Waals surface area contributed by atoms with Gasteiger partial charge in [-0.15, -0.1) is 0 Å². The van der Waals surface area contributed by atoms with E-state index >= 15 is 0 Å². The highest BCUT2D eigenvalue weighted by Gasteiger charge is 2.55. The third kappa shape index (κ3) is 1.98. The smallest absolute Gasteiger partial charge is 0.309 e. The zero-order chi connectivity index (χ0) is 16.9. The number of rotatable bonds is 2. The zero-order valence-corrected chi connectivity index (χ0v) is 14.2. The maximum absolute atomic E-state index is 12.6. The van der Waals surface area contributed by atoms with Crippen LogP contribution < -0.4 is 0 Å². The number of Topliss-reactive ketones (excluding diaryl/α,β-unsaturated/α-hetero) is 1. The predicted molar refractivity (Wildman–Crippen MR) is 91.8 cm³/mol. The summed E-state index contributed by atoms with van der Waals surface area (Å²) in [4.78, 5) is 28.8. The molecular formula is C20H23NO3. The van der Waals surface area contributed by atoms with Crippen LogP contribution in [0.25, 0.3) is 10.9 Å². The van der Waals surface area contributed by atoms with Gasteiger partial charge in [0.05, 0.1) is 12.5 Å². The molecule has 4 heteroatoms. The average Bonchev–Trinajstić information content (AvgIpc) is 2.95. The quantitative estimate of drug-likeness (QED) is 0.859. The van der Waals surface area contributed by atoms with Crippen LogP contribution in [0.5, 0.6) is 0 Å². The molecule has 0 bridgehead atoms. The molecule has 0 saturated heterocycles. The van der Waals surface area contributed by atoms with Gasteiger partial charge in [-0.25, -0.2) is 0 Å². The van der Waals surface area contributed by atoms with E-state index in [0.717, 1.165) is 24.1 Å². The summed E-state index contributed by atoms with van der Waals surface area (Å²) < 4.78 is 5.36. The normalized spacial score (nSPS) is 29.2. The van der Waals surface area contributed by atoms with E-state index in [2.05, 4.69) is 24.0 Å². The van der Waals surface area contributed by atoms with Gasteiger partial charge in [-0.05, 0) is 37.8 Å². The Morgan fingerprint density at radius 3 is 2.88 bits per heavy atom. The number of ether oxygens (including phenoxy) is 1. The summed E-state index contributed by atoms with van der Waals surface area (Å²) in [6.45, 7) is 4.30. The Bertz CT molecular complexity index is 821. The Hall–Kier alpha value is -2.10. The molecule has 1 fully saturated rings. The van der Waals surface area contributed by atoms with Crippen molar-refractivity contribution < 1.29 is 14.3 Å². The van der Waals surface area contributed by atoms with Crippen LogP contribution in [0.3, 0.4) is 0 Å². The average molecular weight is 325 g/mol. The molecule has 2 aliphatic rings. The van der Waals surface area contributed by atoms with E-state index in [0.29, 0.717) is 25.2 Å². The first-order valence-corrected chi connectivity index (χ1v) is 8.86. The molecule has 4 rings (SSSR count). The predicted octanol–water partition coefficient (Wildman–Crippen LogP) is 3.53. The Kier molecular flexibility index (Phi) is 3.52. The first-order valence-electron chi connectivity index (χ1n) is 8.86. The molecule has 24 heavy (non-hydrogen) atoms. The standard InChI is InChI=1S/C20H23NO3/c1-3-24-19(23)15-10-11-17(22)14-9-8-13-12-6-4-5-7-16(12)21-18(13)20(14,15)2/h4-7,14-15,21H,3,8-11H2,1-2H3/t14?,15-,20-/m1/s1. The number of carbonyl (C=O) groups is 2. The summed E-state index contributed by atoms with van der Waals surface area (Å²) in [7, 11) is 0. The van der Waals surface area contributed by atoms with Crippen LogP contribution >= 0.6 is 0 Å². The lowest BCUT2D eigenvalue weighted by Gasteiger charge is -2.47. The number of esters is 1. The van der Waals surface area contributed by atoms with Crippen molar-refractivity contribution in [3.05, 3.63) is 35.5 Å². The highest BCUT2D eigenvalue weighted by molar-refractivity contribution is 5.91. The number of fused-ring (bicyclic) bond motifs is 5. The minimum atomic E-state index is -0.492. The van der Waals surface area contributed by atoms with Crippen LogP contribution in [0.1, 0.15) is 44.4 Å². The summed E-state index contributed by atoms with van der Waals surface area (Å²) >= 11 is 0. The second kappa shape index (κ2) is 5.47. The topological polar surface area (TPSA) is 59.2 Å². The summed E-state index contributed by atoms with van der Waals surface area (Å²) in [5.41, 5.74) is 2.94. The number of hydrogen-bond acceptors (Lipinski definition) is 3. The first-order chi connectivity index (χ1) is 11.6. The summed E-state index contributed by atoms with van der Waals surface area (Å²) in [5, 5.41) is 1.22. The zero-order valence-electron chi connectivity index (χ0n) is 14.2. The van der Waals surface area contributed by atoms with E-state index in [1.165, 1.54) is 10.9 Å². The molecule has 126 valence electrons. The van der Waals surface area contributed by atoms with E-state index in [1.54, 1.807) is 0 Å². The SMILES string of the molecule is CCOC(=O)[C@H]1CCC(=O)C2CCc3c([nH]c4ccccc34)[C@]21C. The van der Waals surface area contributed by atoms with Crippen LogP contribution in [-0.2, 0) is 26.2 Å². The highest BCUT2D eigenvalue weighted by Crippen LogP contribution is 2.52. The number of ketones is 1. The van der Waals surface area contributed by atoms with E-state index in [4.69, 9.17) is 4.74 Å². The summed E-state index contributed by atoms with van der Waals surface area (Å²) in [6.07, 6.45) is 2.78. The molecule has 0 aliphatic heterocycles. The Labute approximate surface area is 141 Å². The molecule has 1 heterocycles. The second-order valence-corrected chi connectivity index (χ2v) is 7.21. The van der Waals surface area contributed by atoms with Gasteiger partial charge in [0.1, 0.15) is 5.78 Å². The third-order valence-corrected chi connectivity index (χ3v) is 6.12. The van der Waals surface area contributed by atoms with Gasteiger partial charge in [-0.2, -0.15) is 0 Å². The maximum atomic E-state index is 12.6. The van der Waals surface area contributed by atoms with Gasteiger partial charge in [-0.1, -0.05) is 25.1 Å². The number of nitrogens with one attached hydrogen (secondary N) is 1. The van der Waals surface area contributed by atoms with Gasteiger partial charge >= 0.3 is 5.97 Å². The molecule has 2 aliphatic carbocycles. The number of benzene rings is 1. The van der Waals surface area contributed by atoms with Crippen molar-refractivity contribution in [2.24, 2.45) is 11.8 Å². The van der Waals surface area contributed by atoms with Gasteiger partial charge in [0.15, 0.2) is 0 Å². The fourth-order valence-corrected chi connectivity index (χ4v) is 4.96. The van der Waals surface area contributed by atoms with Crippen LogP contribution in [0.4, 0.5) is 0 Å². The lowest BCUT2D eigenvalue weighted by atomic mass is 9.55. The molecule has 0 amide bonds. The number of hydrogen-bond donors (Lipinski definition) is 1. The minimum Gasteiger partial charge on any atom is -0.466 e. The summed E-state index contributed by atoms with van der Waals surface area (Å²) in [5.74, 6) is -0.222. The van der Waals surface area contributed by atoms with Gasteiger partial charge in [-0.3, -0.25) is 9.59 Å². The van der Waals surface area contributed by atoms with Gasteiger partial charge in [0.2, 0.25) is 0 Å². The number of aromatic amines is 1. The Morgan fingerprint density at radius 1 is 1.29 bits per heavy atom. The number of aryl methyl sites for hydroxylation is 1. The van der Waals surface area contributed by atoms with Gasteiger partial charge < -0.3 is 9.72 Å². The first kappa shape index (κ1) is 15.4. The van der Waals surface area contributed by atoms with Crippen molar-refractivity contribution in [1.82, 2.24) is 4.98 Å². The van der Waals surface area contributed by atoms with Crippen molar-refractivity contribution in [2.75, 3.05) is 6.61 Å². The second-order valence-electron chi connectivity index (χ2n) is 7.21. The Balaban J connectivity index is 1.91. The van der Waals surface area contributed by atoms with E-state index in [1.807, 2.05) is 19.1 Å². The molecule has 4 nitrogen and oxygen atoms in total. The van der Waals surface area contributed by atoms with Crippen molar-refractivity contribution >= 4 is 22.7 Å². The molecule has 3 atom stereocenters.